The Kier molecular flexibility index (Phi) is 7.01. The van der Waals surface area contributed by atoms with Gasteiger partial charge in [0.15, 0.2) is 5.76 Å². The summed E-state index contributed by atoms with van der Waals surface area (Å²) in [6.07, 6.45) is 2.25. The second-order valence-corrected chi connectivity index (χ2v) is 9.80. The largest absolute Gasteiger partial charge is 0.481 e. The monoisotopic (exact) mass is 510 g/mol. The molecule has 0 saturated heterocycles. The molecule has 0 aliphatic heterocycles. The van der Waals surface area contributed by atoms with Crippen molar-refractivity contribution >= 4 is 17.7 Å². The van der Waals surface area contributed by atoms with Gasteiger partial charge >= 0.3 is 12.1 Å². The van der Waals surface area contributed by atoms with Gasteiger partial charge in [-0.3, -0.25) is 10.1 Å². The van der Waals surface area contributed by atoms with Crippen LogP contribution >= 0.6 is 0 Å². The molecule has 7 heteroatoms. The van der Waals surface area contributed by atoms with E-state index in [9.17, 15) is 14.7 Å². The van der Waals surface area contributed by atoms with Crippen LogP contribution in [0, 0.1) is 6.92 Å². The highest BCUT2D eigenvalue weighted by atomic mass is 16.6. The molecule has 38 heavy (non-hydrogen) atoms. The number of aromatic nitrogens is 1. The summed E-state index contributed by atoms with van der Waals surface area (Å²) in [7, 11) is 0. The van der Waals surface area contributed by atoms with Gasteiger partial charge in [-0.15, -0.1) is 0 Å². The van der Waals surface area contributed by atoms with Gasteiger partial charge in [0.25, 0.3) is 0 Å². The van der Waals surface area contributed by atoms with Gasteiger partial charge < -0.3 is 14.4 Å². The lowest BCUT2D eigenvalue weighted by Crippen LogP contribution is -2.32. The standard InChI is InChI=1S/C31H30N2O5/c1-20-27(32-30(36)37-21(2)22-8-4-3-5-9-22)28(38-33-20)25-12-10-23(11-13-25)24-14-16-26(17-15-24)31(29(34)35)18-6-7-19-31/h3-5,8-17,21H,6-7,18-19H2,1-2H3,(H,32,36)(H,34,35)/t21-/m1/s1. The highest BCUT2D eigenvalue weighted by Gasteiger charge is 2.42. The summed E-state index contributed by atoms with van der Waals surface area (Å²) in [5, 5.41) is 16.7. The molecule has 0 spiro atoms. The fraction of sp³-hybridized carbons (Fsp3) is 0.258. The van der Waals surface area contributed by atoms with Gasteiger partial charge in [0.2, 0.25) is 0 Å². The highest BCUT2D eigenvalue weighted by molar-refractivity contribution is 5.91. The highest BCUT2D eigenvalue weighted by Crippen LogP contribution is 2.42. The van der Waals surface area contributed by atoms with Crippen LogP contribution in [-0.2, 0) is 14.9 Å². The number of carboxylic acid groups (broad SMARTS) is 1. The van der Waals surface area contributed by atoms with Crippen LogP contribution in [0.25, 0.3) is 22.5 Å². The predicted octanol–water partition coefficient (Wildman–Crippen LogP) is 7.52. The van der Waals surface area contributed by atoms with E-state index in [1.165, 1.54) is 0 Å². The van der Waals surface area contributed by atoms with E-state index in [4.69, 9.17) is 9.26 Å². The number of carboxylic acids is 1. The van der Waals surface area contributed by atoms with E-state index in [1.54, 1.807) is 6.92 Å². The maximum atomic E-state index is 12.6. The average Bonchev–Trinajstić information content (AvgIpc) is 3.58. The van der Waals surface area contributed by atoms with Crippen molar-refractivity contribution in [1.82, 2.24) is 5.16 Å². The van der Waals surface area contributed by atoms with Crippen LogP contribution in [-0.4, -0.2) is 22.3 Å². The molecule has 0 unspecified atom stereocenters. The average molecular weight is 511 g/mol. The minimum atomic E-state index is -0.768. The van der Waals surface area contributed by atoms with E-state index in [-0.39, 0.29) is 0 Å². The number of nitrogens with one attached hydrogen (secondary N) is 1. The maximum Gasteiger partial charge on any atom is 0.412 e. The first-order valence-corrected chi connectivity index (χ1v) is 12.8. The lowest BCUT2D eigenvalue weighted by atomic mass is 9.78. The van der Waals surface area contributed by atoms with Crippen LogP contribution in [0.2, 0.25) is 0 Å². The number of anilines is 1. The summed E-state index contributed by atoms with van der Waals surface area (Å²) in [6.45, 7) is 3.57. The number of aliphatic carboxylic acids is 1. The first-order chi connectivity index (χ1) is 18.4. The van der Waals surface area contributed by atoms with Crippen LogP contribution < -0.4 is 5.32 Å². The molecule has 1 aliphatic carbocycles. The fourth-order valence-corrected chi connectivity index (χ4v) is 5.20. The third-order valence-electron chi connectivity index (χ3n) is 7.43. The first kappa shape index (κ1) is 25.3. The minimum Gasteiger partial charge on any atom is -0.481 e. The van der Waals surface area contributed by atoms with E-state index in [2.05, 4.69) is 10.5 Å². The summed E-state index contributed by atoms with van der Waals surface area (Å²) in [5.41, 5.74) is 4.73. The molecule has 7 nitrogen and oxygen atoms in total. The number of nitrogens with zero attached hydrogens (tertiary/aromatic N) is 1. The van der Waals surface area contributed by atoms with Crippen molar-refractivity contribution in [2.24, 2.45) is 0 Å². The van der Waals surface area contributed by atoms with Crippen molar-refractivity contribution in [2.75, 3.05) is 5.32 Å². The SMILES string of the molecule is Cc1noc(-c2ccc(-c3ccc(C4(C(=O)O)CCCC4)cc3)cc2)c1NC(=O)O[C@H](C)c1ccccc1. The van der Waals surface area contributed by atoms with Crippen LogP contribution in [0.4, 0.5) is 10.5 Å². The van der Waals surface area contributed by atoms with Crippen molar-refractivity contribution in [3.63, 3.8) is 0 Å². The molecule has 1 aliphatic rings. The number of carbonyl (C=O) groups excluding carboxylic acids is 1. The maximum absolute atomic E-state index is 12.6. The molecule has 0 radical (unpaired) electrons. The smallest absolute Gasteiger partial charge is 0.412 e. The summed E-state index contributed by atoms with van der Waals surface area (Å²) in [6, 6.07) is 25.1. The van der Waals surface area contributed by atoms with Crippen molar-refractivity contribution in [1.29, 1.82) is 0 Å². The summed E-state index contributed by atoms with van der Waals surface area (Å²) < 4.78 is 11.1. The Morgan fingerprint density at radius 3 is 2.11 bits per heavy atom. The van der Waals surface area contributed by atoms with E-state index < -0.39 is 23.6 Å². The predicted molar refractivity (Wildman–Crippen MR) is 145 cm³/mol. The number of hydrogen-bond acceptors (Lipinski definition) is 5. The number of benzene rings is 3. The Morgan fingerprint density at radius 1 is 0.921 bits per heavy atom. The van der Waals surface area contributed by atoms with Crippen molar-refractivity contribution in [2.45, 2.75) is 51.0 Å². The quantitative estimate of drug-likeness (QED) is 0.267. The zero-order chi connectivity index (χ0) is 26.7. The Hall–Kier alpha value is -4.39. The summed E-state index contributed by atoms with van der Waals surface area (Å²) in [4.78, 5) is 24.6. The number of carbonyl (C=O) groups is 2. The molecular formula is C31H30N2O5. The van der Waals surface area contributed by atoms with Gasteiger partial charge in [0.05, 0.1) is 5.41 Å². The molecule has 5 rings (SSSR count). The molecule has 2 N–H and O–H groups in total. The van der Waals surface area contributed by atoms with E-state index in [0.29, 0.717) is 30.0 Å². The third-order valence-corrected chi connectivity index (χ3v) is 7.43. The van der Waals surface area contributed by atoms with Gasteiger partial charge in [0, 0.05) is 5.56 Å². The first-order valence-electron chi connectivity index (χ1n) is 12.8. The number of aryl methyl sites for hydroxylation is 1. The van der Waals surface area contributed by atoms with Crippen molar-refractivity contribution < 1.29 is 24.0 Å². The number of rotatable bonds is 7. The van der Waals surface area contributed by atoms with Gasteiger partial charge in [-0.1, -0.05) is 96.9 Å². The Morgan fingerprint density at radius 2 is 1.50 bits per heavy atom. The third kappa shape index (κ3) is 4.92. The molecule has 1 aromatic heterocycles. The molecule has 1 saturated carbocycles. The lowest BCUT2D eigenvalue weighted by Gasteiger charge is -2.24. The summed E-state index contributed by atoms with van der Waals surface area (Å²) in [5.74, 6) is -0.296. The second-order valence-electron chi connectivity index (χ2n) is 9.80. The minimum absolute atomic E-state index is 0.412. The van der Waals surface area contributed by atoms with Crippen LogP contribution in [0.15, 0.2) is 83.4 Å². The Bertz CT molecular complexity index is 1420. The molecule has 1 fully saturated rings. The van der Waals surface area contributed by atoms with Crippen molar-refractivity contribution in [3.8, 4) is 22.5 Å². The normalized spacial score (nSPS) is 15.1. The molecule has 194 valence electrons. The zero-order valence-corrected chi connectivity index (χ0v) is 21.4. The van der Waals surface area contributed by atoms with E-state index >= 15 is 0 Å². The molecule has 1 heterocycles. The summed E-state index contributed by atoms with van der Waals surface area (Å²) >= 11 is 0. The molecular weight excluding hydrogens is 480 g/mol. The van der Waals surface area contributed by atoms with Crippen LogP contribution in [0.1, 0.15) is 55.5 Å². The molecule has 1 amide bonds. The second kappa shape index (κ2) is 10.5. The zero-order valence-electron chi connectivity index (χ0n) is 21.4. The van der Waals surface area contributed by atoms with Gasteiger partial charge in [-0.05, 0) is 48.9 Å². The van der Waals surface area contributed by atoms with E-state index in [0.717, 1.165) is 40.7 Å². The number of hydrogen-bond donors (Lipinski definition) is 2. The molecule has 1 atom stereocenters. The lowest BCUT2D eigenvalue weighted by molar-refractivity contribution is -0.143. The fourth-order valence-electron chi connectivity index (χ4n) is 5.20. The van der Waals surface area contributed by atoms with Crippen molar-refractivity contribution in [3.05, 3.63) is 95.7 Å². The molecule has 3 aromatic carbocycles. The van der Waals surface area contributed by atoms with E-state index in [1.807, 2.05) is 85.8 Å². The Balaban J connectivity index is 1.31. The van der Waals surface area contributed by atoms with Crippen LogP contribution in [0.5, 0.6) is 0 Å². The van der Waals surface area contributed by atoms with Gasteiger partial charge in [-0.2, -0.15) is 0 Å². The number of amides is 1. The Labute approximate surface area is 221 Å². The molecule has 4 aromatic rings. The number of ether oxygens (including phenoxy) is 1. The molecule has 0 bridgehead atoms. The van der Waals surface area contributed by atoms with Crippen LogP contribution in [0.3, 0.4) is 0 Å². The van der Waals surface area contributed by atoms with Gasteiger partial charge in [-0.25, -0.2) is 4.79 Å². The topological polar surface area (TPSA) is 102 Å². The van der Waals surface area contributed by atoms with Gasteiger partial charge in [0.1, 0.15) is 17.5 Å².